The van der Waals surface area contributed by atoms with E-state index in [2.05, 4.69) is 10.3 Å². The van der Waals surface area contributed by atoms with Crippen LogP contribution in [0.3, 0.4) is 0 Å². The van der Waals surface area contributed by atoms with Crippen LogP contribution in [0.5, 0.6) is 0 Å². The SMILES string of the molecule is CC(C)Cn1cnc2c1c(=O)n(CC(=O)Nc1cccc(Cl)c1)c(=O)n2Cc1ccccc1. The molecular formula is C24H24ClN5O3. The summed E-state index contributed by atoms with van der Waals surface area (Å²) in [5.41, 5.74) is 0.839. The minimum Gasteiger partial charge on any atom is -0.324 e. The number of fused-ring (bicyclic) bond motifs is 1. The Morgan fingerprint density at radius 1 is 1.06 bits per heavy atom. The molecule has 0 saturated heterocycles. The Morgan fingerprint density at radius 3 is 2.52 bits per heavy atom. The number of imidazole rings is 1. The van der Waals surface area contributed by atoms with Crippen LogP contribution in [0.2, 0.25) is 5.02 Å². The number of halogens is 1. The number of rotatable bonds is 7. The average molecular weight is 466 g/mol. The molecule has 0 atom stereocenters. The number of nitrogens with one attached hydrogen (secondary N) is 1. The third kappa shape index (κ3) is 4.90. The molecule has 0 spiro atoms. The van der Waals surface area contributed by atoms with Crippen LogP contribution in [0.15, 0.2) is 70.5 Å². The lowest BCUT2D eigenvalue weighted by atomic mass is 10.2. The van der Waals surface area contributed by atoms with Crippen LogP contribution in [0, 0.1) is 5.92 Å². The molecule has 0 aliphatic carbocycles. The van der Waals surface area contributed by atoms with E-state index in [1.54, 1.807) is 35.2 Å². The summed E-state index contributed by atoms with van der Waals surface area (Å²) >= 11 is 5.98. The molecule has 2 heterocycles. The molecule has 2 aromatic heterocycles. The van der Waals surface area contributed by atoms with Gasteiger partial charge in [0.25, 0.3) is 5.56 Å². The van der Waals surface area contributed by atoms with Crippen molar-refractivity contribution in [1.82, 2.24) is 18.7 Å². The maximum absolute atomic E-state index is 13.4. The third-order valence-corrected chi connectivity index (χ3v) is 5.37. The van der Waals surface area contributed by atoms with Crippen LogP contribution in [0.4, 0.5) is 5.69 Å². The second-order valence-electron chi connectivity index (χ2n) is 8.27. The van der Waals surface area contributed by atoms with Gasteiger partial charge < -0.3 is 9.88 Å². The zero-order chi connectivity index (χ0) is 23.5. The average Bonchev–Trinajstić information content (AvgIpc) is 3.18. The fraction of sp³-hybridized carbons (Fsp3) is 0.250. The van der Waals surface area contributed by atoms with E-state index >= 15 is 0 Å². The molecule has 4 rings (SSSR count). The quantitative estimate of drug-likeness (QED) is 0.453. The van der Waals surface area contributed by atoms with Crippen molar-refractivity contribution in [3.63, 3.8) is 0 Å². The molecule has 0 unspecified atom stereocenters. The first kappa shape index (κ1) is 22.5. The normalized spacial score (nSPS) is 11.3. The second kappa shape index (κ2) is 9.46. The molecule has 170 valence electrons. The summed E-state index contributed by atoms with van der Waals surface area (Å²) in [5, 5.41) is 3.16. The number of anilines is 1. The number of benzene rings is 2. The molecule has 9 heteroatoms. The van der Waals surface area contributed by atoms with Gasteiger partial charge in [-0.1, -0.05) is 61.8 Å². The number of carbonyl (C=O) groups is 1. The number of hydrogen-bond acceptors (Lipinski definition) is 4. The standard InChI is InChI=1S/C24H24ClN5O3/c1-16(2)12-28-15-26-22-21(28)23(32)30(14-20(31)27-19-10-6-9-18(25)11-19)24(33)29(22)13-17-7-4-3-5-8-17/h3-11,15-16H,12-14H2,1-2H3,(H,27,31). The Bertz CT molecular complexity index is 1420. The van der Waals surface area contributed by atoms with E-state index in [1.807, 2.05) is 44.2 Å². The van der Waals surface area contributed by atoms with Crippen LogP contribution >= 0.6 is 11.6 Å². The minimum atomic E-state index is -0.590. The summed E-state index contributed by atoms with van der Waals surface area (Å²) in [7, 11) is 0. The second-order valence-corrected chi connectivity index (χ2v) is 8.70. The van der Waals surface area contributed by atoms with Gasteiger partial charge in [0.1, 0.15) is 6.54 Å². The smallest absolute Gasteiger partial charge is 0.324 e. The Labute approximate surface area is 195 Å². The van der Waals surface area contributed by atoms with Crippen molar-refractivity contribution in [2.45, 2.75) is 33.5 Å². The molecule has 0 aliphatic rings. The summed E-state index contributed by atoms with van der Waals surface area (Å²) in [6.07, 6.45) is 1.57. The van der Waals surface area contributed by atoms with E-state index in [9.17, 15) is 14.4 Å². The van der Waals surface area contributed by atoms with Crippen LogP contribution in [0.25, 0.3) is 11.2 Å². The zero-order valence-corrected chi connectivity index (χ0v) is 19.1. The van der Waals surface area contributed by atoms with Crippen molar-refractivity contribution in [1.29, 1.82) is 0 Å². The fourth-order valence-corrected chi connectivity index (χ4v) is 3.92. The molecule has 0 saturated carbocycles. The lowest BCUT2D eigenvalue weighted by Crippen LogP contribution is -2.43. The Balaban J connectivity index is 1.80. The van der Waals surface area contributed by atoms with E-state index in [0.29, 0.717) is 28.4 Å². The lowest BCUT2D eigenvalue weighted by molar-refractivity contribution is -0.116. The summed E-state index contributed by atoms with van der Waals surface area (Å²) in [6.45, 7) is 4.42. The zero-order valence-electron chi connectivity index (χ0n) is 18.4. The molecule has 0 aliphatic heterocycles. The van der Waals surface area contributed by atoms with Crippen LogP contribution in [0.1, 0.15) is 19.4 Å². The Morgan fingerprint density at radius 2 is 1.82 bits per heavy atom. The number of aromatic nitrogens is 4. The maximum Gasteiger partial charge on any atom is 0.333 e. The number of carbonyl (C=O) groups excluding carboxylic acids is 1. The van der Waals surface area contributed by atoms with Crippen molar-refractivity contribution in [3.05, 3.63) is 92.3 Å². The van der Waals surface area contributed by atoms with E-state index in [0.717, 1.165) is 10.1 Å². The van der Waals surface area contributed by atoms with Gasteiger partial charge >= 0.3 is 5.69 Å². The van der Waals surface area contributed by atoms with Gasteiger partial charge in [-0.15, -0.1) is 0 Å². The highest BCUT2D eigenvalue weighted by atomic mass is 35.5. The van der Waals surface area contributed by atoms with E-state index in [1.165, 1.54) is 4.57 Å². The van der Waals surface area contributed by atoms with Crippen LogP contribution < -0.4 is 16.6 Å². The Kier molecular flexibility index (Phi) is 6.46. The van der Waals surface area contributed by atoms with Gasteiger partial charge in [0.15, 0.2) is 11.2 Å². The summed E-state index contributed by atoms with van der Waals surface area (Å²) in [5.74, 6) is -0.243. The van der Waals surface area contributed by atoms with E-state index in [4.69, 9.17) is 11.6 Å². The largest absolute Gasteiger partial charge is 0.333 e. The summed E-state index contributed by atoms with van der Waals surface area (Å²) in [6, 6.07) is 16.1. The molecule has 2 aromatic carbocycles. The van der Waals surface area contributed by atoms with Crippen molar-refractivity contribution in [2.75, 3.05) is 5.32 Å². The third-order valence-electron chi connectivity index (χ3n) is 5.14. The van der Waals surface area contributed by atoms with Crippen molar-refractivity contribution >= 4 is 34.4 Å². The predicted molar refractivity (Wildman–Crippen MR) is 129 cm³/mol. The minimum absolute atomic E-state index is 0.227. The number of hydrogen-bond donors (Lipinski definition) is 1. The van der Waals surface area contributed by atoms with Gasteiger partial charge in [-0.05, 0) is 29.7 Å². The molecule has 0 radical (unpaired) electrons. The van der Waals surface area contributed by atoms with Crippen LogP contribution in [-0.4, -0.2) is 24.6 Å². The first-order valence-electron chi connectivity index (χ1n) is 10.6. The fourth-order valence-electron chi connectivity index (χ4n) is 3.73. The summed E-state index contributed by atoms with van der Waals surface area (Å²) < 4.78 is 4.15. The molecule has 33 heavy (non-hydrogen) atoms. The van der Waals surface area contributed by atoms with Gasteiger partial charge in [0, 0.05) is 17.3 Å². The molecule has 1 amide bonds. The Hall–Kier alpha value is -3.65. The molecule has 0 bridgehead atoms. The lowest BCUT2D eigenvalue weighted by Gasteiger charge is -2.13. The molecule has 8 nitrogen and oxygen atoms in total. The van der Waals surface area contributed by atoms with Gasteiger partial charge in [0.05, 0.1) is 12.9 Å². The highest BCUT2D eigenvalue weighted by Crippen LogP contribution is 2.15. The monoisotopic (exact) mass is 465 g/mol. The van der Waals surface area contributed by atoms with Crippen LogP contribution in [-0.2, 0) is 24.4 Å². The summed E-state index contributed by atoms with van der Waals surface area (Å²) in [4.78, 5) is 43.8. The molecule has 4 aromatic rings. The molecule has 1 N–H and O–H groups in total. The van der Waals surface area contributed by atoms with E-state index < -0.39 is 23.7 Å². The number of nitrogens with zero attached hydrogens (tertiary/aromatic N) is 4. The highest BCUT2D eigenvalue weighted by Gasteiger charge is 2.20. The van der Waals surface area contributed by atoms with Gasteiger partial charge in [-0.25, -0.2) is 14.3 Å². The molecule has 0 fully saturated rings. The topological polar surface area (TPSA) is 90.9 Å². The first-order chi connectivity index (χ1) is 15.8. The first-order valence-corrected chi connectivity index (χ1v) is 11.0. The van der Waals surface area contributed by atoms with Crippen molar-refractivity contribution in [2.24, 2.45) is 5.92 Å². The van der Waals surface area contributed by atoms with Crippen molar-refractivity contribution in [3.8, 4) is 0 Å². The molecular weight excluding hydrogens is 442 g/mol. The van der Waals surface area contributed by atoms with Gasteiger partial charge in [-0.3, -0.25) is 14.2 Å². The van der Waals surface area contributed by atoms with Gasteiger partial charge in [-0.2, -0.15) is 0 Å². The van der Waals surface area contributed by atoms with Crippen molar-refractivity contribution < 1.29 is 4.79 Å². The number of amides is 1. The predicted octanol–water partition coefficient (Wildman–Crippen LogP) is 3.36. The highest BCUT2D eigenvalue weighted by molar-refractivity contribution is 6.30. The van der Waals surface area contributed by atoms with E-state index in [-0.39, 0.29) is 12.5 Å². The maximum atomic E-state index is 13.4. The van der Waals surface area contributed by atoms with Gasteiger partial charge in [0.2, 0.25) is 5.91 Å².